The molecule has 4 aromatic heterocycles. The molecule has 0 fully saturated rings. The standard InChI is InChI=1S/C21H27N9O/c1-6-13(3)30-20-17(23-12-18-25-28-29(5)27-18)11-16(24-19(20)14(4)26-30)15-9-8-10-22-21(15)31-7-2/h8-11,13H,6-7,12H2,1-5H3,(H,23,24)/t13-/m1/s1. The summed E-state index contributed by atoms with van der Waals surface area (Å²) in [5, 5.41) is 20.5. The smallest absolute Gasteiger partial charge is 0.222 e. The van der Waals surface area contributed by atoms with Gasteiger partial charge < -0.3 is 10.1 Å². The van der Waals surface area contributed by atoms with Gasteiger partial charge in [0.1, 0.15) is 11.0 Å². The molecule has 162 valence electrons. The molecule has 0 unspecified atom stereocenters. The van der Waals surface area contributed by atoms with Crippen LogP contribution in [0.5, 0.6) is 5.88 Å². The van der Waals surface area contributed by atoms with Crippen molar-refractivity contribution in [1.29, 1.82) is 0 Å². The largest absolute Gasteiger partial charge is 0.477 e. The number of fused-ring (bicyclic) bond motifs is 1. The van der Waals surface area contributed by atoms with Crippen LogP contribution in [-0.2, 0) is 13.6 Å². The van der Waals surface area contributed by atoms with E-state index in [1.807, 2.05) is 36.7 Å². The highest BCUT2D eigenvalue weighted by Crippen LogP contribution is 2.35. The summed E-state index contributed by atoms with van der Waals surface area (Å²) >= 11 is 0. The van der Waals surface area contributed by atoms with E-state index in [0.717, 1.165) is 40.1 Å². The quantitative estimate of drug-likeness (QED) is 0.462. The van der Waals surface area contributed by atoms with Gasteiger partial charge >= 0.3 is 0 Å². The van der Waals surface area contributed by atoms with Crippen molar-refractivity contribution in [3.05, 3.63) is 35.9 Å². The zero-order chi connectivity index (χ0) is 22.0. The lowest BCUT2D eigenvalue weighted by atomic mass is 10.1. The van der Waals surface area contributed by atoms with Crippen molar-refractivity contribution in [2.75, 3.05) is 11.9 Å². The fraction of sp³-hybridized carbons (Fsp3) is 0.429. The molecular weight excluding hydrogens is 394 g/mol. The Balaban J connectivity index is 1.87. The van der Waals surface area contributed by atoms with Crippen LogP contribution in [0.3, 0.4) is 0 Å². The average molecular weight is 422 g/mol. The van der Waals surface area contributed by atoms with E-state index in [2.05, 4.69) is 39.6 Å². The van der Waals surface area contributed by atoms with E-state index in [0.29, 0.717) is 24.9 Å². The van der Waals surface area contributed by atoms with Crippen LogP contribution in [0, 0.1) is 6.92 Å². The van der Waals surface area contributed by atoms with Gasteiger partial charge in [-0.25, -0.2) is 9.97 Å². The molecule has 1 N–H and O–H groups in total. The van der Waals surface area contributed by atoms with Crippen LogP contribution in [0.2, 0.25) is 0 Å². The molecule has 1 atom stereocenters. The first-order valence-electron chi connectivity index (χ1n) is 10.5. The average Bonchev–Trinajstić information content (AvgIpc) is 3.35. The summed E-state index contributed by atoms with van der Waals surface area (Å²) in [7, 11) is 1.75. The lowest BCUT2D eigenvalue weighted by molar-refractivity contribution is 0.328. The molecule has 0 saturated carbocycles. The number of aryl methyl sites for hydroxylation is 2. The Hall–Kier alpha value is -3.56. The summed E-state index contributed by atoms with van der Waals surface area (Å²) in [6.07, 6.45) is 2.68. The van der Waals surface area contributed by atoms with Crippen molar-refractivity contribution in [2.45, 2.75) is 46.7 Å². The molecule has 4 heterocycles. The van der Waals surface area contributed by atoms with Gasteiger partial charge in [0.15, 0.2) is 5.82 Å². The molecular formula is C21H27N9O. The second kappa shape index (κ2) is 8.66. The number of hydrogen-bond acceptors (Lipinski definition) is 8. The van der Waals surface area contributed by atoms with Crippen LogP contribution in [0.15, 0.2) is 24.4 Å². The Morgan fingerprint density at radius 1 is 1.23 bits per heavy atom. The molecule has 0 bridgehead atoms. The predicted octanol–water partition coefficient (Wildman–Crippen LogP) is 3.31. The molecule has 0 aliphatic rings. The third kappa shape index (κ3) is 4.05. The molecule has 0 radical (unpaired) electrons. The number of pyridine rings is 2. The molecule has 4 aromatic rings. The highest BCUT2D eigenvalue weighted by Gasteiger charge is 2.20. The molecule has 10 nitrogen and oxygen atoms in total. The van der Waals surface area contributed by atoms with Crippen molar-refractivity contribution >= 4 is 16.7 Å². The van der Waals surface area contributed by atoms with Gasteiger partial charge in [-0.2, -0.15) is 9.90 Å². The lowest BCUT2D eigenvalue weighted by Gasteiger charge is -2.15. The number of tetrazole rings is 1. The SMILES string of the molecule is CCOc1ncccc1-c1cc(NCc2nnn(C)n2)c2c(n1)c(C)nn2[C@H](C)CC. The number of aromatic nitrogens is 8. The van der Waals surface area contributed by atoms with Crippen molar-refractivity contribution in [2.24, 2.45) is 7.05 Å². The van der Waals surface area contributed by atoms with E-state index in [1.54, 1.807) is 13.2 Å². The minimum absolute atomic E-state index is 0.233. The number of ether oxygens (including phenoxy) is 1. The Morgan fingerprint density at radius 3 is 2.77 bits per heavy atom. The zero-order valence-corrected chi connectivity index (χ0v) is 18.5. The second-order valence-electron chi connectivity index (χ2n) is 7.38. The van der Waals surface area contributed by atoms with Crippen LogP contribution in [0.25, 0.3) is 22.3 Å². The van der Waals surface area contributed by atoms with E-state index in [1.165, 1.54) is 4.80 Å². The molecule has 0 spiro atoms. The minimum atomic E-state index is 0.233. The maximum atomic E-state index is 5.74. The summed E-state index contributed by atoms with van der Waals surface area (Å²) < 4.78 is 7.79. The Labute approximate surface area is 180 Å². The third-order valence-electron chi connectivity index (χ3n) is 5.15. The first-order valence-corrected chi connectivity index (χ1v) is 10.5. The minimum Gasteiger partial charge on any atom is -0.477 e. The van der Waals surface area contributed by atoms with Gasteiger partial charge in [-0.3, -0.25) is 4.68 Å². The van der Waals surface area contributed by atoms with Crippen LogP contribution in [-0.4, -0.2) is 46.6 Å². The summed E-state index contributed by atoms with van der Waals surface area (Å²) in [5.41, 5.74) is 5.19. The van der Waals surface area contributed by atoms with E-state index in [9.17, 15) is 0 Å². The number of rotatable bonds is 8. The van der Waals surface area contributed by atoms with Gasteiger partial charge in [0.2, 0.25) is 5.88 Å². The summed E-state index contributed by atoms with van der Waals surface area (Å²) in [6.45, 7) is 9.19. The Bertz CT molecular complexity index is 1200. The van der Waals surface area contributed by atoms with E-state index >= 15 is 0 Å². The first-order chi connectivity index (χ1) is 15.0. The highest BCUT2D eigenvalue weighted by atomic mass is 16.5. The Morgan fingerprint density at radius 2 is 2.06 bits per heavy atom. The molecule has 4 rings (SSSR count). The number of hydrogen-bond donors (Lipinski definition) is 1. The van der Waals surface area contributed by atoms with Gasteiger partial charge in [0.25, 0.3) is 0 Å². The Kier molecular flexibility index (Phi) is 5.79. The topological polar surface area (TPSA) is 108 Å². The monoisotopic (exact) mass is 421 g/mol. The molecule has 0 amide bonds. The normalized spacial score (nSPS) is 12.3. The fourth-order valence-electron chi connectivity index (χ4n) is 3.45. The molecule has 0 aliphatic heterocycles. The van der Waals surface area contributed by atoms with Gasteiger partial charge in [0, 0.05) is 12.2 Å². The third-order valence-corrected chi connectivity index (χ3v) is 5.15. The maximum Gasteiger partial charge on any atom is 0.222 e. The van der Waals surface area contributed by atoms with Crippen LogP contribution >= 0.6 is 0 Å². The molecule has 0 aliphatic carbocycles. The van der Waals surface area contributed by atoms with Crippen LogP contribution in [0.4, 0.5) is 5.69 Å². The molecule has 31 heavy (non-hydrogen) atoms. The van der Waals surface area contributed by atoms with Gasteiger partial charge in [0.05, 0.1) is 42.8 Å². The van der Waals surface area contributed by atoms with Gasteiger partial charge in [-0.1, -0.05) is 6.92 Å². The number of nitrogens with one attached hydrogen (secondary N) is 1. The van der Waals surface area contributed by atoms with E-state index in [-0.39, 0.29) is 6.04 Å². The van der Waals surface area contributed by atoms with Crippen molar-refractivity contribution in [1.82, 2.24) is 40.0 Å². The lowest BCUT2D eigenvalue weighted by Crippen LogP contribution is -2.09. The first kappa shape index (κ1) is 20.7. The van der Waals surface area contributed by atoms with Crippen molar-refractivity contribution in [3.63, 3.8) is 0 Å². The summed E-state index contributed by atoms with van der Waals surface area (Å²) in [4.78, 5) is 10.8. The summed E-state index contributed by atoms with van der Waals surface area (Å²) in [6, 6.07) is 6.10. The van der Waals surface area contributed by atoms with Gasteiger partial charge in [-0.05, 0) is 50.6 Å². The highest BCUT2D eigenvalue weighted by molar-refractivity contribution is 5.93. The second-order valence-corrected chi connectivity index (χ2v) is 7.38. The molecule has 0 saturated heterocycles. The van der Waals surface area contributed by atoms with Gasteiger partial charge in [-0.15, -0.1) is 10.2 Å². The predicted molar refractivity (Wildman–Crippen MR) is 118 cm³/mol. The number of nitrogens with zero attached hydrogens (tertiary/aromatic N) is 8. The summed E-state index contributed by atoms with van der Waals surface area (Å²) in [5.74, 6) is 1.17. The van der Waals surface area contributed by atoms with E-state index in [4.69, 9.17) is 14.8 Å². The van der Waals surface area contributed by atoms with Crippen LogP contribution < -0.4 is 10.1 Å². The van der Waals surface area contributed by atoms with Crippen LogP contribution in [0.1, 0.15) is 44.8 Å². The molecule has 0 aromatic carbocycles. The van der Waals surface area contributed by atoms with Crippen molar-refractivity contribution < 1.29 is 4.74 Å². The number of anilines is 1. The van der Waals surface area contributed by atoms with Crippen molar-refractivity contribution in [3.8, 4) is 17.1 Å². The maximum absolute atomic E-state index is 5.74. The zero-order valence-electron chi connectivity index (χ0n) is 18.5. The fourth-order valence-corrected chi connectivity index (χ4v) is 3.45. The van der Waals surface area contributed by atoms with E-state index < -0.39 is 0 Å². The molecule has 10 heteroatoms.